The van der Waals surface area contributed by atoms with Gasteiger partial charge in [-0.05, 0) is 31.7 Å². The minimum absolute atomic E-state index is 0.120. The molecule has 2 rings (SSSR count). The molecule has 0 aromatic rings. The number of piperidine rings is 1. The summed E-state index contributed by atoms with van der Waals surface area (Å²) in [6.07, 6.45) is 5.87. The van der Waals surface area contributed by atoms with Crippen LogP contribution in [0, 0.1) is 5.92 Å². The van der Waals surface area contributed by atoms with Crippen LogP contribution in [0.25, 0.3) is 0 Å². The minimum atomic E-state index is 0.120. The van der Waals surface area contributed by atoms with Gasteiger partial charge in [0.25, 0.3) is 0 Å². The Hall–Kier alpha value is -0.570. The van der Waals surface area contributed by atoms with Crippen molar-refractivity contribution in [3.63, 3.8) is 0 Å². The molecule has 0 aliphatic carbocycles. The van der Waals surface area contributed by atoms with Crippen LogP contribution in [0.2, 0.25) is 0 Å². The fraction of sp³-hybridized carbons (Fsp3) is 0.917. The second-order valence-corrected chi connectivity index (χ2v) is 4.85. The first-order valence-corrected chi connectivity index (χ1v) is 6.33. The zero-order valence-electron chi connectivity index (χ0n) is 9.67. The Balaban J connectivity index is 1.85. The Morgan fingerprint density at radius 3 is 2.87 bits per heavy atom. The largest absolute Gasteiger partial charge is 0.341 e. The third kappa shape index (κ3) is 2.51. The van der Waals surface area contributed by atoms with E-state index in [0.717, 1.165) is 32.0 Å². The van der Waals surface area contributed by atoms with Crippen LogP contribution >= 0.6 is 0 Å². The van der Waals surface area contributed by atoms with Gasteiger partial charge in [0.15, 0.2) is 0 Å². The van der Waals surface area contributed by atoms with Crippen molar-refractivity contribution in [1.29, 1.82) is 0 Å². The van der Waals surface area contributed by atoms with Gasteiger partial charge in [-0.2, -0.15) is 0 Å². The van der Waals surface area contributed by atoms with Gasteiger partial charge < -0.3 is 10.2 Å². The molecule has 86 valence electrons. The molecule has 1 N–H and O–H groups in total. The third-order valence-corrected chi connectivity index (χ3v) is 3.78. The molecule has 0 bridgehead atoms. The lowest BCUT2D eigenvalue weighted by atomic mass is 10.0. The van der Waals surface area contributed by atoms with E-state index in [2.05, 4.69) is 17.1 Å². The SMILES string of the molecule is CCC1CCN(C(=O)[C@H]2CCCCN2)C1. The lowest BCUT2D eigenvalue weighted by Crippen LogP contribution is -2.47. The molecule has 2 heterocycles. The van der Waals surface area contributed by atoms with Gasteiger partial charge in [0.05, 0.1) is 6.04 Å². The average molecular weight is 210 g/mol. The molecule has 2 fully saturated rings. The average Bonchev–Trinajstić information content (AvgIpc) is 2.78. The van der Waals surface area contributed by atoms with Crippen LogP contribution in [0.3, 0.4) is 0 Å². The molecule has 2 atom stereocenters. The van der Waals surface area contributed by atoms with Crippen molar-refractivity contribution in [3.8, 4) is 0 Å². The molecule has 0 saturated carbocycles. The van der Waals surface area contributed by atoms with Crippen molar-refractivity contribution in [2.75, 3.05) is 19.6 Å². The van der Waals surface area contributed by atoms with Crippen LogP contribution in [0.4, 0.5) is 0 Å². The number of amides is 1. The molecule has 2 saturated heterocycles. The van der Waals surface area contributed by atoms with Crippen LogP contribution < -0.4 is 5.32 Å². The molecule has 1 unspecified atom stereocenters. The number of likely N-dealkylation sites (tertiary alicyclic amines) is 1. The number of rotatable bonds is 2. The summed E-state index contributed by atoms with van der Waals surface area (Å²) in [5.41, 5.74) is 0. The molecule has 3 heteroatoms. The van der Waals surface area contributed by atoms with E-state index >= 15 is 0 Å². The maximum absolute atomic E-state index is 12.1. The zero-order chi connectivity index (χ0) is 10.7. The van der Waals surface area contributed by atoms with Gasteiger partial charge >= 0.3 is 0 Å². The van der Waals surface area contributed by atoms with E-state index in [1.165, 1.54) is 25.7 Å². The van der Waals surface area contributed by atoms with Gasteiger partial charge in [-0.1, -0.05) is 19.8 Å². The third-order valence-electron chi connectivity index (χ3n) is 3.78. The highest BCUT2D eigenvalue weighted by Gasteiger charge is 2.30. The Kier molecular flexibility index (Phi) is 3.62. The maximum Gasteiger partial charge on any atom is 0.239 e. The van der Waals surface area contributed by atoms with Crippen LogP contribution in [0.1, 0.15) is 39.0 Å². The molecular formula is C12H22N2O. The summed E-state index contributed by atoms with van der Waals surface area (Å²) in [6, 6.07) is 0.120. The lowest BCUT2D eigenvalue weighted by molar-refractivity contribution is -0.133. The Morgan fingerprint density at radius 2 is 2.27 bits per heavy atom. The van der Waals surface area contributed by atoms with E-state index in [1.807, 2.05) is 0 Å². The van der Waals surface area contributed by atoms with Crippen molar-refractivity contribution in [2.24, 2.45) is 5.92 Å². The number of nitrogens with one attached hydrogen (secondary N) is 1. The van der Waals surface area contributed by atoms with Crippen molar-refractivity contribution in [1.82, 2.24) is 10.2 Å². The van der Waals surface area contributed by atoms with E-state index in [4.69, 9.17) is 0 Å². The first-order valence-electron chi connectivity index (χ1n) is 6.33. The van der Waals surface area contributed by atoms with Crippen LogP contribution in [-0.2, 0) is 4.79 Å². The van der Waals surface area contributed by atoms with Gasteiger partial charge in [-0.3, -0.25) is 4.79 Å². The lowest BCUT2D eigenvalue weighted by Gasteiger charge is -2.27. The topological polar surface area (TPSA) is 32.3 Å². The first kappa shape index (κ1) is 10.9. The molecule has 15 heavy (non-hydrogen) atoms. The second kappa shape index (κ2) is 4.97. The van der Waals surface area contributed by atoms with Gasteiger partial charge in [0.1, 0.15) is 0 Å². The number of carbonyl (C=O) groups is 1. The highest BCUT2D eigenvalue weighted by molar-refractivity contribution is 5.82. The Bertz CT molecular complexity index is 224. The maximum atomic E-state index is 12.1. The standard InChI is InChI=1S/C12H22N2O/c1-2-10-6-8-14(9-10)12(15)11-5-3-4-7-13-11/h10-11,13H,2-9H2,1H3/t10?,11-/m1/s1. The summed E-state index contributed by atoms with van der Waals surface area (Å²) in [4.78, 5) is 14.2. The fourth-order valence-corrected chi connectivity index (χ4v) is 2.65. The van der Waals surface area contributed by atoms with Gasteiger partial charge in [0, 0.05) is 13.1 Å². The minimum Gasteiger partial charge on any atom is -0.341 e. The molecule has 1 amide bonds. The van der Waals surface area contributed by atoms with Crippen molar-refractivity contribution >= 4 is 5.91 Å². The highest BCUT2D eigenvalue weighted by Crippen LogP contribution is 2.21. The van der Waals surface area contributed by atoms with E-state index in [-0.39, 0.29) is 6.04 Å². The van der Waals surface area contributed by atoms with Gasteiger partial charge in [-0.25, -0.2) is 0 Å². The molecule has 0 radical (unpaired) electrons. The van der Waals surface area contributed by atoms with Crippen LogP contribution in [0.5, 0.6) is 0 Å². The van der Waals surface area contributed by atoms with E-state index in [1.54, 1.807) is 0 Å². The van der Waals surface area contributed by atoms with Gasteiger partial charge in [0.2, 0.25) is 5.91 Å². The normalized spacial score (nSPS) is 31.9. The number of carbonyl (C=O) groups excluding carboxylic acids is 1. The van der Waals surface area contributed by atoms with E-state index in [0.29, 0.717) is 5.91 Å². The molecular weight excluding hydrogens is 188 g/mol. The predicted molar refractivity (Wildman–Crippen MR) is 60.6 cm³/mol. The zero-order valence-corrected chi connectivity index (χ0v) is 9.67. The summed E-state index contributed by atoms with van der Waals surface area (Å²) in [7, 11) is 0. The Labute approximate surface area is 92.2 Å². The summed E-state index contributed by atoms with van der Waals surface area (Å²) < 4.78 is 0. The van der Waals surface area contributed by atoms with E-state index < -0.39 is 0 Å². The Morgan fingerprint density at radius 1 is 1.40 bits per heavy atom. The monoisotopic (exact) mass is 210 g/mol. The summed E-state index contributed by atoms with van der Waals surface area (Å²) >= 11 is 0. The van der Waals surface area contributed by atoms with Crippen molar-refractivity contribution in [3.05, 3.63) is 0 Å². The van der Waals surface area contributed by atoms with Crippen LogP contribution in [-0.4, -0.2) is 36.5 Å². The predicted octanol–water partition coefficient (Wildman–Crippen LogP) is 1.39. The molecule has 0 aromatic carbocycles. The van der Waals surface area contributed by atoms with Crippen molar-refractivity contribution in [2.45, 2.75) is 45.1 Å². The highest BCUT2D eigenvalue weighted by atomic mass is 16.2. The molecule has 0 aromatic heterocycles. The molecule has 2 aliphatic heterocycles. The van der Waals surface area contributed by atoms with E-state index in [9.17, 15) is 4.79 Å². The van der Waals surface area contributed by atoms with Gasteiger partial charge in [-0.15, -0.1) is 0 Å². The molecule has 0 spiro atoms. The van der Waals surface area contributed by atoms with Crippen molar-refractivity contribution < 1.29 is 4.79 Å². The first-order chi connectivity index (χ1) is 7.31. The molecule has 3 nitrogen and oxygen atoms in total. The quantitative estimate of drug-likeness (QED) is 0.747. The summed E-state index contributed by atoms with van der Waals surface area (Å²) in [5.74, 6) is 1.10. The second-order valence-electron chi connectivity index (χ2n) is 4.85. The summed E-state index contributed by atoms with van der Waals surface area (Å²) in [5, 5.41) is 3.34. The van der Waals surface area contributed by atoms with Crippen LogP contribution in [0.15, 0.2) is 0 Å². The number of hydrogen-bond acceptors (Lipinski definition) is 2. The molecule has 2 aliphatic rings. The smallest absolute Gasteiger partial charge is 0.239 e. The number of nitrogens with zero attached hydrogens (tertiary/aromatic N) is 1. The summed E-state index contributed by atoms with van der Waals surface area (Å²) in [6.45, 7) is 5.21. The number of hydrogen-bond donors (Lipinski definition) is 1. The fourth-order valence-electron chi connectivity index (χ4n) is 2.65.